The molecular weight excluding hydrogens is 359 g/mol. The van der Waals surface area contributed by atoms with Crippen LogP contribution in [0.4, 0.5) is 0 Å². The molecule has 0 bridgehead atoms. The number of rotatable bonds is 4. The van der Waals surface area contributed by atoms with Crippen LogP contribution in [0.1, 0.15) is 15.9 Å². The van der Waals surface area contributed by atoms with Gasteiger partial charge >= 0.3 is 0 Å². The van der Waals surface area contributed by atoms with E-state index in [2.05, 4.69) is 10.1 Å². The van der Waals surface area contributed by atoms with Gasteiger partial charge in [0.2, 0.25) is 5.78 Å². The quantitative estimate of drug-likeness (QED) is 0.389. The lowest BCUT2D eigenvalue weighted by atomic mass is 10.0. The Balaban J connectivity index is 1.93. The average Bonchev–Trinajstić information content (AvgIpc) is 3.14. The third-order valence-electron chi connectivity index (χ3n) is 3.44. The molecule has 0 N–H and O–H groups in total. The first kappa shape index (κ1) is 16.9. The van der Waals surface area contributed by atoms with E-state index in [0.717, 1.165) is 5.69 Å². The molecule has 0 aliphatic rings. The molecule has 0 saturated heterocycles. The molecule has 0 unspecified atom stereocenters. The molecule has 5 nitrogen and oxygen atoms in total. The minimum atomic E-state index is -0.515. The maximum atomic E-state index is 12.6. The van der Waals surface area contributed by atoms with Gasteiger partial charge in [0.15, 0.2) is 0 Å². The van der Waals surface area contributed by atoms with Crippen LogP contribution in [0.15, 0.2) is 60.7 Å². The molecule has 25 heavy (non-hydrogen) atoms. The smallest absolute Gasteiger partial charge is 0.206 e. The average molecular weight is 369 g/mol. The van der Waals surface area contributed by atoms with Gasteiger partial charge < -0.3 is 0 Å². The fourth-order valence-corrected chi connectivity index (χ4v) is 2.80. The molecule has 7 heteroatoms. The second-order valence-electron chi connectivity index (χ2n) is 5.03. The Morgan fingerprint density at radius 1 is 1.12 bits per heavy atom. The maximum Gasteiger partial charge on any atom is 0.206 e. The number of nitriles is 1. The molecule has 1 heterocycles. The molecule has 0 atom stereocenters. The predicted molar refractivity (Wildman–Crippen MR) is 95.7 cm³/mol. The van der Waals surface area contributed by atoms with E-state index in [1.807, 2.05) is 18.2 Å². The molecular formula is C18H10Cl2N4O. The summed E-state index contributed by atoms with van der Waals surface area (Å²) in [4.78, 5) is 16.5. The molecule has 0 spiro atoms. The van der Waals surface area contributed by atoms with Crippen molar-refractivity contribution < 1.29 is 4.79 Å². The molecule has 0 fully saturated rings. The molecule has 0 aliphatic heterocycles. The second kappa shape index (κ2) is 7.31. The zero-order valence-electron chi connectivity index (χ0n) is 12.7. The van der Waals surface area contributed by atoms with Crippen molar-refractivity contribution in [2.75, 3.05) is 0 Å². The molecule has 3 aromatic rings. The summed E-state index contributed by atoms with van der Waals surface area (Å²) in [7, 11) is 0. The van der Waals surface area contributed by atoms with Crippen LogP contribution < -0.4 is 0 Å². The lowest BCUT2D eigenvalue weighted by molar-refractivity contribution is 0.104. The Morgan fingerprint density at radius 3 is 2.36 bits per heavy atom. The topological polar surface area (TPSA) is 71.6 Å². The number of halogens is 2. The first-order valence-corrected chi connectivity index (χ1v) is 7.91. The summed E-state index contributed by atoms with van der Waals surface area (Å²) in [6.07, 6.45) is 4.51. The number of carbonyl (C=O) groups excluding carboxylic acids is 1. The molecule has 1 aromatic heterocycles. The number of ketones is 1. The maximum absolute atomic E-state index is 12.6. The Kier molecular flexibility index (Phi) is 4.94. The lowest BCUT2D eigenvalue weighted by Crippen LogP contribution is -2.04. The Hall–Kier alpha value is -2.94. The Morgan fingerprint density at radius 2 is 1.80 bits per heavy atom. The number of hydrogen-bond acceptors (Lipinski definition) is 4. The van der Waals surface area contributed by atoms with Gasteiger partial charge in [-0.2, -0.15) is 10.4 Å². The standard InChI is InChI=1S/C18H10Cl2N4O/c19-15-2-1-3-16(20)17(15)18(25)13(9-21)8-12-4-6-14(7-5-12)24-11-22-10-23-24/h1-8,10-11H/b13-8+. The summed E-state index contributed by atoms with van der Waals surface area (Å²) in [5.41, 5.74) is 1.58. The molecule has 122 valence electrons. The molecule has 0 radical (unpaired) electrons. The zero-order valence-corrected chi connectivity index (χ0v) is 14.2. The van der Waals surface area contributed by atoms with Gasteiger partial charge in [-0.25, -0.2) is 9.67 Å². The van der Waals surface area contributed by atoms with Gasteiger partial charge in [0.05, 0.1) is 21.3 Å². The van der Waals surface area contributed by atoms with Crippen molar-refractivity contribution in [3.63, 3.8) is 0 Å². The molecule has 0 aliphatic carbocycles. The Bertz CT molecular complexity index is 967. The first-order valence-electron chi connectivity index (χ1n) is 7.15. The van der Waals surface area contributed by atoms with Crippen molar-refractivity contribution in [3.8, 4) is 11.8 Å². The third-order valence-corrected chi connectivity index (χ3v) is 4.07. The highest BCUT2D eigenvalue weighted by Gasteiger charge is 2.18. The van der Waals surface area contributed by atoms with E-state index < -0.39 is 5.78 Å². The van der Waals surface area contributed by atoms with Crippen LogP contribution in [0.3, 0.4) is 0 Å². The van der Waals surface area contributed by atoms with Crippen LogP contribution in [0.5, 0.6) is 0 Å². The van der Waals surface area contributed by atoms with E-state index in [1.165, 1.54) is 12.4 Å². The first-order chi connectivity index (χ1) is 12.1. The molecule has 3 rings (SSSR count). The summed E-state index contributed by atoms with van der Waals surface area (Å²) in [5.74, 6) is -0.515. The van der Waals surface area contributed by atoms with Gasteiger partial charge in [0, 0.05) is 0 Å². The van der Waals surface area contributed by atoms with Crippen LogP contribution in [-0.4, -0.2) is 20.5 Å². The monoisotopic (exact) mass is 368 g/mol. The number of aromatic nitrogens is 3. The van der Waals surface area contributed by atoms with E-state index in [4.69, 9.17) is 23.2 Å². The largest absolute Gasteiger partial charge is 0.288 e. The van der Waals surface area contributed by atoms with Crippen LogP contribution >= 0.6 is 23.2 Å². The highest BCUT2D eigenvalue weighted by molar-refractivity contribution is 6.41. The van der Waals surface area contributed by atoms with Crippen LogP contribution in [-0.2, 0) is 0 Å². The van der Waals surface area contributed by atoms with E-state index in [9.17, 15) is 10.1 Å². The second-order valence-corrected chi connectivity index (χ2v) is 5.84. The van der Waals surface area contributed by atoms with Gasteiger partial charge in [-0.05, 0) is 35.9 Å². The number of nitrogens with zero attached hydrogens (tertiary/aromatic N) is 4. The van der Waals surface area contributed by atoms with E-state index >= 15 is 0 Å². The van der Waals surface area contributed by atoms with Crippen LogP contribution in [0.2, 0.25) is 10.0 Å². The molecule has 0 amide bonds. The minimum absolute atomic E-state index is 0.0523. The van der Waals surface area contributed by atoms with Crippen molar-refractivity contribution in [1.29, 1.82) is 5.26 Å². The fraction of sp³-hybridized carbons (Fsp3) is 0. The fourth-order valence-electron chi connectivity index (χ4n) is 2.23. The summed E-state index contributed by atoms with van der Waals surface area (Å²) in [5, 5.41) is 13.8. The highest BCUT2D eigenvalue weighted by Crippen LogP contribution is 2.27. The number of Topliss-reactive ketones (excluding diaryl/α,β-unsaturated/α-hetero) is 1. The third kappa shape index (κ3) is 3.61. The summed E-state index contributed by atoms with van der Waals surface area (Å²) >= 11 is 12.1. The number of benzene rings is 2. The van der Waals surface area contributed by atoms with Crippen molar-refractivity contribution >= 4 is 35.1 Å². The summed E-state index contributed by atoms with van der Waals surface area (Å²) in [6.45, 7) is 0. The zero-order chi connectivity index (χ0) is 17.8. The van der Waals surface area contributed by atoms with Crippen molar-refractivity contribution in [3.05, 3.63) is 81.9 Å². The molecule has 2 aromatic carbocycles. The Labute approximate surface area is 153 Å². The summed E-state index contributed by atoms with van der Waals surface area (Å²) in [6, 6.07) is 13.8. The van der Waals surface area contributed by atoms with Crippen LogP contribution in [0, 0.1) is 11.3 Å². The molecule has 0 saturated carbocycles. The van der Waals surface area contributed by atoms with Crippen molar-refractivity contribution in [2.45, 2.75) is 0 Å². The minimum Gasteiger partial charge on any atom is -0.288 e. The van der Waals surface area contributed by atoms with Gasteiger partial charge in [-0.15, -0.1) is 0 Å². The van der Waals surface area contributed by atoms with Crippen LogP contribution in [0.25, 0.3) is 11.8 Å². The predicted octanol–water partition coefficient (Wildman–Crippen LogP) is 4.36. The number of allylic oxidation sites excluding steroid dienone is 1. The normalized spacial score (nSPS) is 11.2. The number of hydrogen-bond donors (Lipinski definition) is 0. The van der Waals surface area contributed by atoms with E-state index in [1.54, 1.807) is 41.3 Å². The lowest BCUT2D eigenvalue weighted by Gasteiger charge is -2.05. The SMILES string of the molecule is N#C/C(=C\c1ccc(-n2cncn2)cc1)C(=O)c1c(Cl)cccc1Cl. The van der Waals surface area contributed by atoms with Gasteiger partial charge in [0.1, 0.15) is 24.3 Å². The summed E-state index contributed by atoms with van der Waals surface area (Å²) < 4.78 is 1.60. The number of carbonyl (C=O) groups is 1. The van der Waals surface area contributed by atoms with Gasteiger partial charge in [-0.1, -0.05) is 41.4 Å². The van der Waals surface area contributed by atoms with Gasteiger partial charge in [0.25, 0.3) is 0 Å². The van der Waals surface area contributed by atoms with Crippen molar-refractivity contribution in [2.24, 2.45) is 0 Å². The van der Waals surface area contributed by atoms with E-state index in [-0.39, 0.29) is 21.2 Å². The van der Waals surface area contributed by atoms with Crippen molar-refractivity contribution in [1.82, 2.24) is 14.8 Å². The highest BCUT2D eigenvalue weighted by atomic mass is 35.5. The van der Waals surface area contributed by atoms with Gasteiger partial charge in [-0.3, -0.25) is 4.79 Å². The van der Waals surface area contributed by atoms with E-state index in [0.29, 0.717) is 5.56 Å².